The van der Waals surface area contributed by atoms with E-state index in [9.17, 15) is 28.0 Å². The Bertz CT molecular complexity index is 3610. The number of hydrogen-bond donors (Lipinski definition) is 3. The second-order valence-corrected chi connectivity index (χ2v) is 15.8. The summed E-state index contributed by atoms with van der Waals surface area (Å²) in [6, 6.07) is 27.8. The smallest absolute Gasteiger partial charge is 0.341 e. The summed E-state index contributed by atoms with van der Waals surface area (Å²) in [4.78, 5) is 58.1. The molecule has 19 heteroatoms. The number of benzene rings is 4. The molecule has 2 atom stereocenters. The molecule has 1 amide bonds. The molecule has 0 fully saturated rings. The van der Waals surface area contributed by atoms with Gasteiger partial charge in [-0.15, -0.1) is 0 Å². The molecule has 10 aromatic rings. The molecule has 0 saturated carbocycles. The molecule has 0 bridgehead atoms. The van der Waals surface area contributed by atoms with E-state index in [0.717, 1.165) is 5.39 Å². The average molecular weight is 942 g/mol. The standard InChI is InChI=1S/C24H17ClFN5O2.C17H14ClFN2O.C7H5N3O2/c1-14(29-23(32)18-13-28-30-11-3-10-27-22(18)30)20-12-15-4-2-5-19(25)21(15)24(33)31(20)17-8-6-16(26)7-9-17;1-10(20)15-9-11-3-2-4-14(18)16(11)17(22)21(15)13-7-5-12(19)6-8-13;11-7(12)5-4-9-10-3-1-2-8-6(5)10/h2-14H,1H3,(H,29,32);2-10H,20H2,1H3;1-4H,(H,11,12)/t14-;10-;/m00./s1. The van der Waals surface area contributed by atoms with Gasteiger partial charge < -0.3 is 16.2 Å². The number of nitrogens with one attached hydrogen (secondary N) is 1. The number of carboxylic acids is 1. The monoisotopic (exact) mass is 940 g/mol. The third-order valence-corrected chi connectivity index (χ3v) is 11.1. The molecule has 0 aliphatic carbocycles. The zero-order chi connectivity index (χ0) is 47.5. The number of rotatable bonds is 7. The molecule has 336 valence electrons. The van der Waals surface area contributed by atoms with Gasteiger partial charge in [0.15, 0.2) is 11.3 Å². The first-order chi connectivity index (χ1) is 32.2. The molecule has 0 radical (unpaired) electrons. The van der Waals surface area contributed by atoms with Crippen molar-refractivity contribution in [2.45, 2.75) is 25.9 Å². The molecule has 10 rings (SSSR count). The van der Waals surface area contributed by atoms with Crippen molar-refractivity contribution in [1.82, 2.24) is 43.6 Å². The largest absolute Gasteiger partial charge is 0.477 e. The van der Waals surface area contributed by atoms with E-state index in [1.807, 2.05) is 12.1 Å². The van der Waals surface area contributed by atoms with Gasteiger partial charge >= 0.3 is 5.97 Å². The fourth-order valence-electron chi connectivity index (χ4n) is 7.36. The van der Waals surface area contributed by atoms with Crippen LogP contribution in [0.25, 0.3) is 44.2 Å². The van der Waals surface area contributed by atoms with Crippen LogP contribution in [0.2, 0.25) is 10.0 Å². The Morgan fingerprint density at radius 3 is 1.58 bits per heavy atom. The second-order valence-electron chi connectivity index (χ2n) is 15.0. The van der Waals surface area contributed by atoms with Crippen molar-refractivity contribution in [3.63, 3.8) is 0 Å². The number of aromatic carboxylic acids is 1. The Morgan fingerprint density at radius 2 is 1.10 bits per heavy atom. The van der Waals surface area contributed by atoms with Gasteiger partial charge in [-0.1, -0.05) is 47.5 Å². The maximum absolute atomic E-state index is 13.6. The molecule has 6 aromatic heterocycles. The molecular formula is C48H36Cl2F2N10O5. The number of aromatic nitrogens is 8. The number of nitrogens with zero attached hydrogens (tertiary/aromatic N) is 8. The lowest BCUT2D eigenvalue weighted by atomic mass is 10.1. The van der Waals surface area contributed by atoms with Crippen LogP contribution in [0.1, 0.15) is 58.0 Å². The van der Waals surface area contributed by atoms with Gasteiger partial charge in [0.25, 0.3) is 17.0 Å². The van der Waals surface area contributed by atoms with Gasteiger partial charge in [0.1, 0.15) is 22.8 Å². The molecule has 0 aliphatic heterocycles. The molecule has 15 nitrogen and oxygen atoms in total. The van der Waals surface area contributed by atoms with Crippen LogP contribution in [0.15, 0.2) is 156 Å². The Kier molecular flexibility index (Phi) is 13.0. The van der Waals surface area contributed by atoms with Crippen molar-refractivity contribution in [1.29, 1.82) is 0 Å². The molecule has 0 unspecified atom stereocenters. The minimum Gasteiger partial charge on any atom is -0.477 e. The van der Waals surface area contributed by atoms with Crippen molar-refractivity contribution in [2.75, 3.05) is 0 Å². The number of pyridine rings is 2. The molecule has 4 aromatic carbocycles. The Labute approximate surface area is 387 Å². The maximum Gasteiger partial charge on any atom is 0.341 e. The van der Waals surface area contributed by atoms with E-state index in [-0.39, 0.29) is 34.4 Å². The zero-order valence-electron chi connectivity index (χ0n) is 35.3. The normalized spacial score (nSPS) is 12.0. The first kappa shape index (κ1) is 45.4. The fraction of sp³-hybridized carbons (Fsp3) is 0.0833. The number of hydrogen-bond acceptors (Lipinski definition) is 9. The average Bonchev–Trinajstić information content (AvgIpc) is 3.96. The van der Waals surface area contributed by atoms with Crippen LogP contribution in [0, 0.1) is 11.6 Å². The Morgan fingerprint density at radius 1 is 0.657 bits per heavy atom. The van der Waals surface area contributed by atoms with Crippen molar-refractivity contribution >= 4 is 67.9 Å². The quantitative estimate of drug-likeness (QED) is 0.139. The van der Waals surface area contributed by atoms with Crippen LogP contribution >= 0.6 is 23.2 Å². The third-order valence-electron chi connectivity index (χ3n) is 10.5. The Hall–Kier alpha value is -8.12. The summed E-state index contributed by atoms with van der Waals surface area (Å²) >= 11 is 12.5. The van der Waals surface area contributed by atoms with E-state index in [1.54, 1.807) is 93.1 Å². The molecule has 67 heavy (non-hydrogen) atoms. The highest BCUT2D eigenvalue weighted by atomic mass is 35.5. The minimum absolute atomic E-state index is 0.121. The Balaban J connectivity index is 0.000000153. The summed E-state index contributed by atoms with van der Waals surface area (Å²) in [6.45, 7) is 3.56. The number of carboxylic acid groups (broad SMARTS) is 1. The van der Waals surface area contributed by atoms with E-state index in [4.69, 9.17) is 34.0 Å². The van der Waals surface area contributed by atoms with Crippen LogP contribution in [0.3, 0.4) is 0 Å². The van der Waals surface area contributed by atoms with Crippen LogP contribution < -0.4 is 22.2 Å². The molecule has 6 heterocycles. The van der Waals surface area contributed by atoms with Gasteiger partial charge in [-0.3, -0.25) is 23.5 Å². The SMILES string of the molecule is C[C@H](N)c1cc2cccc(Cl)c2c(=O)n1-c1ccc(F)cc1.C[C@H](NC(=O)c1cnn2cccnc12)c1cc2cccc(Cl)c2c(=O)n1-c1ccc(F)cc1.O=C(O)c1cnn2cccnc12. The minimum atomic E-state index is -1.01. The van der Waals surface area contributed by atoms with Crippen LogP contribution in [0.4, 0.5) is 8.78 Å². The zero-order valence-corrected chi connectivity index (χ0v) is 36.8. The summed E-state index contributed by atoms with van der Waals surface area (Å²) in [7, 11) is 0. The number of halogens is 4. The van der Waals surface area contributed by atoms with Crippen molar-refractivity contribution in [3.8, 4) is 11.4 Å². The highest BCUT2D eigenvalue weighted by Gasteiger charge is 2.22. The third kappa shape index (κ3) is 9.24. The first-order valence-electron chi connectivity index (χ1n) is 20.3. The molecule has 0 spiro atoms. The number of amides is 1. The van der Waals surface area contributed by atoms with Gasteiger partial charge in [0.2, 0.25) is 0 Å². The van der Waals surface area contributed by atoms with Crippen molar-refractivity contribution in [2.24, 2.45) is 5.73 Å². The number of nitrogens with two attached hydrogens (primary N) is 1. The van der Waals surface area contributed by atoms with Crippen molar-refractivity contribution in [3.05, 3.63) is 211 Å². The summed E-state index contributed by atoms with van der Waals surface area (Å²) in [5, 5.41) is 22.4. The van der Waals surface area contributed by atoms with Gasteiger partial charge in [-0.05, 0) is 110 Å². The van der Waals surface area contributed by atoms with E-state index < -0.39 is 17.8 Å². The van der Waals surface area contributed by atoms with E-state index >= 15 is 0 Å². The first-order valence-corrected chi connectivity index (χ1v) is 21.0. The van der Waals surface area contributed by atoms with Gasteiger partial charge in [0, 0.05) is 53.6 Å². The lowest BCUT2D eigenvalue weighted by Gasteiger charge is -2.21. The summed E-state index contributed by atoms with van der Waals surface area (Å²) in [5.41, 5.74) is 8.77. The number of fused-ring (bicyclic) bond motifs is 4. The topological polar surface area (TPSA) is 197 Å². The number of carbonyl (C=O) groups is 2. The van der Waals surface area contributed by atoms with Crippen LogP contribution in [-0.4, -0.2) is 55.3 Å². The predicted octanol–water partition coefficient (Wildman–Crippen LogP) is 8.55. The molecular weight excluding hydrogens is 905 g/mol. The second kappa shape index (κ2) is 19.2. The van der Waals surface area contributed by atoms with Gasteiger partial charge in [0.05, 0.1) is 39.3 Å². The summed E-state index contributed by atoms with van der Waals surface area (Å²) in [5.74, 6) is -2.18. The maximum atomic E-state index is 13.6. The van der Waals surface area contributed by atoms with E-state index in [2.05, 4.69) is 25.5 Å². The van der Waals surface area contributed by atoms with Gasteiger partial charge in [-0.25, -0.2) is 32.6 Å². The van der Waals surface area contributed by atoms with Crippen LogP contribution in [0.5, 0.6) is 0 Å². The highest BCUT2D eigenvalue weighted by Crippen LogP contribution is 2.27. The predicted molar refractivity (Wildman–Crippen MR) is 250 cm³/mol. The van der Waals surface area contributed by atoms with Crippen molar-refractivity contribution < 1.29 is 23.5 Å². The molecule has 4 N–H and O–H groups in total. The van der Waals surface area contributed by atoms with E-state index in [0.29, 0.717) is 65.8 Å². The van der Waals surface area contributed by atoms with E-state index in [1.165, 1.54) is 73.2 Å². The lowest BCUT2D eigenvalue weighted by Crippen LogP contribution is -2.32. The molecule has 0 saturated heterocycles. The van der Waals surface area contributed by atoms with Crippen LogP contribution in [-0.2, 0) is 0 Å². The fourth-order valence-corrected chi connectivity index (χ4v) is 7.89. The highest BCUT2D eigenvalue weighted by molar-refractivity contribution is 6.35. The lowest BCUT2D eigenvalue weighted by molar-refractivity contribution is 0.0698. The summed E-state index contributed by atoms with van der Waals surface area (Å²) in [6.07, 6.45) is 9.18. The number of carbonyl (C=O) groups excluding carboxylic acids is 1. The molecule has 0 aliphatic rings. The van der Waals surface area contributed by atoms with Gasteiger partial charge in [-0.2, -0.15) is 10.2 Å². The summed E-state index contributed by atoms with van der Waals surface area (Å²) < 4.78 is 32.6.